The van der Waals surface area contributed by atoms with Gasteiger partial charge >= 0.3 is 0 Å². The fraction of sp³-hybridized carbons (Fsp3) is 0.250. The number of fused-ring (bicyclic) bond motifs is 1. The summed E-state index contributed by atoms with van der Waals surface area (Å²) in [6.07, 6.45) is 4.46. The van der Waals surface area contributed by atoms with Crippen molar-refractivity contribution in [2.24, 2.45) is 0 Å². The monoisotopic (exact) mass is 423 g/mol. The van der Waals surface area contributed by atoms with E-state index < -0.39 is 6.04 Å². The highest BCUT2D eigenvalue weighted by molar-refractivity contribution is 6.10. The molecule has 1 aliphatic rings. The first kappa shape index (κ1) is 20.7. The molecule has 0 spiro atoms. The van der Waals surface area contributed by atoms with Crippen LogP contribution in [0.1, 0.15) is 45.9 Å². The van der Waals surface area contributed by atoms with E-state index in [1.807, 2.05) is 60.8 Å². The minimum atomic E-state index is -0.403. The summed E-state index contributed by atoms with van der Waals surface area (Å²) in [5, 5.41) is 4.49. The first-order valence-corrected chi connectivity index (χ1v) is 11.5. The van der Waals surface area contributed by atoms with Crippen molar-refractivity contribution in [3.8, 4) is 0 Å². The van der Waals surface area contributed by atoms with Crippen LogP contribution in [0.5, 0.6) is 0 Å². The molecule has 0 amide bonds. The Bertz CT molecular complexity index is 1170. The molecular formula is C28H29N3O. The summed E-state index contributed by atoms with van der Waals surface area (Å²) in [5.74, 6) is 0.0827. The smallest absolute Gasteiger partial charge is 0.186 e. The van der Waals surface area contributed by atoms with E-state index in [1.165, 1.54) is 37.1 Å². The Morgan fingerprint density at radius 2 is 1.56 bits per heavy atom. The van der Waals surface area contributed by atoms with Gasteiger partial charge in [0.1, 0.15) is 0 Å². The lowest BCUT2D eigenvalue weighted by molar-refractivity contribution is 0.0943. The molecule has 4 heteroatoms. The van der Waals surface area contributed by atoms with Crippen LogP contribution in [0.2, 0.25) is 0 Å². The molecule has 0 bridgehead atoms. The van der Waals surface area contributed by atoms with Crippen LogP contribution >= 0.6 is 0 Å². The number of para-hydroxylation sites is 1. The molecule has 4 nitrogen and oxygen atoms in total. The zero-order valence-electron chi connectivity index (χ0n) is 18.3. The summed E-state index contributed by atoms with van der Waals surface area (Å²) in [5.41, 5.74) is 5.22. The number of H-pyrrole nitrogens is 1. The number of benzene rings is 3. The van der Waals surface area contributed by atoms with Crippen molar-refractivity contribution < 1.29 is 4.79 Å². The molecule has 3 aromatic carbocycles. The van der Waals surface area contributed by atoms with Crippen LogP contribution in [0.25, 0.3) is 10.9 Å². The molecular weight excluding hydrogens is 394 g/mol. The number of aromatic nitrogens is 1. The molecule has 1 aromatic heterocycles. The molecule has 2 N–H and O–H groups in total. The minimum Gasteiger partial charge on any atom is -0.360 e. The second kappa shape index (κ2) is 9.51. The van der Waals surface area contributed by atoms with Crippen molar-refractivity contribution in [2.45, 2.75) is 32.0 Å². The van der Waals surface area contributed by atoms with Gasteiger partial charge in [0.25, 0.3) is 0 Å². The summed E-state index contributed by atoms with van der Waals surface area (Å²) < 4.78 is 0. The van der Waals surface area contributed by atoms with Gasteiger partial charge in [0.2, 0.25) is 0 Å². The molecule has 1 fully saturated rings. The van der Waals surface area contributed by atoms with Gasteiger partial charge in [-0.05, 0) is 48.7 Å². The highest BCUT2D eigenvalue weighted by Crippen LogP contribution is 2.25. The van der Waals surface area contributed by atoms with Gasteiger partial charge in [-0.25, -0.2) is 0 Å². The molecule has 1 aliphatic heterocycles. The van der Waals surface area contributed by atoms with E-state index in [9.17, 15) is 4.79 Å². The fourth-order valence-corrected chi connectivity index (χ4v) is 4.62. The van der Waals surface area contributed by atoms with Gasteiger partial charge in [-0.1, -0.05) is 72.8 Å². The number of ketones is 1. The van der Waals surface area contributed by atoms with Crippen LogP contribution in [-0.4, -0.2) is 28.8 Å². The van der Waals surface area contributed by atoms with Gasteiger partial charge in [0.05, 0.1) is 6.04 Å². The number of hydrogen-bond acceptors (Lipinski definition) is 3. The molecule has 2 heterocycles. The van der Waals surface area contributed by atoms with E-state index in [2.05, 4.69) is 39.5 Å². The normalized spacial score (nSPS) is 15.2. The quantitative estimate of drug-likeness (QED) is 0.369. The number of aromatic amines is 1. The van der Waals surface area contributed by atoms with Crippen molar-refractivity contribution >= 4 is 16.7 Å². The van der Waals surface area contributed by atoms with Crippen molar-refractivity contribution in [3.63, 3.8) is 0 Å². The van der Waals surface area contributed by atoms with Crippen LogP contribution in [0.4, 0.5) is 0 Å². The summed E-state index contributed by atoms with van der Waals surface area (Å²) in [6, 6.07) is 26.3. The molecule has 5 rings (SSSR count). The molecule has 1 atom stereocenters. The lowest BCUT2D eigenvalue weighted by Crippen LogP contribution is -2.28. The van der Waals surface area contributed by atoms with Crippen molar-refractivity contribution in [2.75, 3.05) is 13.1 Å². The first-order chi connectivity index (χ1) is 15.8. The van der Waals surface area contributed by atoms with E-state index in [0.29, 0.717) is 6.54 Å². The van der Waals surface area contributed by atoms with E-state index in [4.69, 9.17) is 0 Å². The number of carbonyl (C=O) groups is 1. The number of nitrogens with one attached hydrogen (secondary N) is 2. The molecule has 162 valence electrons. The largest absolute Gasteiger partial charge is 0.360 e. The molecule has 4 aromatic rings. The average molecular weight is 424 g/mol. The highest BCUT2D eigenvalue weighted by atomic mass is 16.1. The maximum Gasteiger partial charge on any atom is 0.186 e. The van der Waals surface area contributed by atoms with Gasteiger partial charge in [0.15, 0.2) is 5.78 Å². The third-order valence-electron chi connectivity index (χ3n) is 6.39. The van der Waals surface area contributed by atoms with Crippen molar-refractivity contribution in [3.05, 3.63) is 107 Å². The minimum absolute atomic E-state index is 0.0827. The Morgan fingerprint density at radius 1 is 0.875 bits per heavy atom. The fourth-order valence-electron chi connectivity index (χ4n) is 4.62. The van der Waals surface area contributed by atoms with Crippen LogP contribution in [0.15, 0.2) is 85.1 Å². The Labute approximate surface area is 189 Å². The third-order valence-corrected chi connectivity index (χ3v) is 6.39. The molecule has 32 heavy (non-hydrogen) atoms. The van der Waals surface area contributed by atoms with Crippen molar-refractivity contribution in [1.29, 1.82) is 0 Å². The summed E-state index contributed by atoms with van der Waals surface area (Å²) in [6.45, 7) is 4.08. The molecule has 0 saturated carbocycles. The third kappa shape index (κ3) is 4.52. The number of rotatable bonds is 8. The Kier molecular flexibility index (Phi) is 6.15. The molecule has 0 unspecified atom stereocenters. The van der Waals surface area contributed by atoms with E-state index in [1.54, 1.807) is 0 Å². The Balaban J connectivity index is 1.33. The van der Waals surface area contributed by atoms with Crippen molar-refractivity contribution in [1.82, 2.24) is 15.2 Å². The lowest BCUT2D eigenvalue weighted by atomic mass is 9.96. The van der Waals surface area contributed by atoms with Gasteiger partial charge < -0.3 is 4.98 Å². The summed E-state index contributed by atoms with van der Waals surface area (Å²) >= 11 is 0. The zero-order valence-corrected chi connectivity index (χ0v) is 18.3. The molecule has 1 saturated heterocycles. The predicted molar refractivity (Wildman–Crippen MR) is 130 cm³/mol. The molecule has 0 aliphatic carbocycles. The topological polar surface area (TPSA) is 48.1 Å². The average Bonchev–Trinajstić information content (AvgIpc) is 3.51. The van der Waals surface area contributed by atoms with Gasteiger partial charge in [-0.2, -0.15) is 0 Å². The van der Waals surface area contributed by atoms with E-state index in [-0.39, 0.29) is 5.78 Å². The van der Waals surface area contributed by atoms with Gasteiger partial charge in [0, 0.05) is 35.8 Å². The van der Waals surface area contributed by atoms with Crippen LogP contribution < -0.4 is 5.32 Å². The van der Waals surface area contributed by atoms with Crippen LogP contribution in [0, 0.1) is 0 Å². The molecule has 0 radical (unpaired) electrons. The highest BCUT2D eigenvalue weighted by Gasteiger charge is 2.24. The number of nitrogens with zero attached hydrogens (tertiary/aromatic N) is 1. The summed E-state index contributed by atoms with van der Waals surface area (Å²) in [7, 11) is 0. The standard InChI is InChI=1S/C28H29N3O/c32-28(25-19-29-26-11-5-4-10-24(25)26)27(23-8-2-1-3-9-23)30-18-21-12-14-22(15-13-21)20-31-16-6-7-17-31/h1-5,8-15,19,27,29-30H,6-7,16-18,20H2/t27-/m0/s1. The number of carbonyl (C=O) groups excluding carboxylic acids is 1. The number of hydrogen-bond donors (Lipinski definition) is 2. The SMILES string of the molecule is O=C(c1c[nH]c2ccccc12)[C@@H](NCc1ccc(CN2CCCC2)cc1)c1ccccc1. The van der Waals surface area contributed by atoms with Gasteiger partial charge in [-0.3, -0.25) is 15.0 Å². The number of likely N-dealkylation sites (tertiary alicyclic amines) is 1. The maximum atomic E-state index is 13.6. The van der Waals surface area contributed by atoms with Crippen LogP contribution in [0.3, 0.4) is 0 Å². The second-order valence-electron chi connectivity index (χ2n) is 8.64. The second-order valence-corrected chi connectivity index (χ2v) is 8.64. The van der Waals surface area contributed by atoms with E-state index >= 15 is 0 Å². The zero-order chi connectivity index (χ0) is 21.8. The predicted octanol–water partition coefficient (Wildman–Crippen LogP) is 5.48. The summed E-state index contributed by atoms with van der Waals surface area (Å²) in [4.78, 5) is 19.3. The Hall–Kier alpha value is -3.21. The maximum absolute atomic E-state index is 13.6. The Morgan fingerprint density at radius 3 is 2.34 bits per heavy atom. The van der Waals surface area contributed by atoms with Gasteiger partial charge in [-0.15, -0.1) is 0 Å². The lowest BCUT2D eigenvalue weighted by Gasteiger charge is -2.19. The number of Topliss-reactive ketones (excluding diaryl/α,β-unsaturated/α-hetero) is 1. The van der Waals surface area contributed by atoms with E-state index in [0.717, 1.165) is 28.6 Å². The first-order valence-electron chi connectivity index (χ1n) is 11.5. The van der Waals surface area contributed by atoms with Crippen LogP contribution in [-0.2, 0) is 13.1 Å².